The average Bonchev–Trinajstić information content (AvgIpc) is 3.06. The molecule has 0 aliphatic heterocycles. The number of hydrogen-bond donors (Lipinski definition) is 0. The van der Waals surface area contributed by atoms with Crippen LogP contribution in [0.4, 0.5) is 0 Å². The minimum absolute atomic E-state index is 0.569. The Hall–Kier alpha value is -2.45. The summed E-state index contributed by atoms with van der Waals surface area (Å²) in [6.07, 6.45) is 1.99. The third kappa shape index (κ3) is 2.85. The Balaban J connectivity index is 1.73. The minimum Gasteiger partial charge on any atom is -0.256 e. The van der Waals surface area contributed by atoms with Crippen LogP contribution in [0.2, 0.25) is 0 Å². The number of nitrogens with zero attached hydrogens (tertiary/aromatic N) is 1. The van der Waals surface area contributed by atoms with E-state index in [4.69, 9.17) is 0 Å². The standard InChI is InChI=1S/C22H19NS/c1-15(2)16-8-10-18(11-9-16)21-12-19-14-23-20(13-22(19)24-21)17-6-4-3-5-7-17/h3-15H,1-2H3. The minimum atomic E-state index is 0.569. The van der Waals surface area contributed by atoms with Crippen molar-refractivity contribution in [1.29, 1.82) is 0 Å². The third-order valence-electron chi connectivity index (χ3n) is 4.33. The molecule has 118 valence electrons. The van der Waals surface area contributed by atoms with E-state index in [9.17, 15) is 0 Å². The van der Waals surface area contributed by atoms with Gasteiger partial charge >= 0.3 is 0 Å². The second-order valence-corrected chi connectivity index (χ2v) is 7.44. The molecule has 1 nitrogen and oxygen atoms in total. The van der Waals surface area contributed by atoms with Gasteiger partial charge in [0.15, 0.2) is 0 Å². The largest absolute Gasteiger partial charge is 0.256 e. The molecule has 2 aromatic heterocycles. The quantitative estimate of drug-likeness (QED) is 0.405. The fourth-order valence-electron chi connectivity index (χ4n) is 2.87. The van der Waals surface area contributed by atoms with Gasteiger partial charge in [-0.15, -0.1) is 11.3 Å². The molecule has 0 saturated heterocycles. The maximum absolute atomic E-state index is 4.63. The Kier molecular flexibility index (Phi) is 3.91. The lowest BCUT2D eigenvalue weighted by atomic mass is 10.0. The maximum Gasteiger partial charge on any atom is 0.0716 e. The van der Waals surface area contributed by atoms with Crippen LogP contribution in [0, 0.1) is 0 Å². The zero-order chi connectivity index (χ0) is 16.5. The Morgan fingerprint density at radius 1 is 0.833 bits per heavy atom. The number of pyridine rings is 1. The second kappa shape index (κ2) is 6.21. The van der Waals surface area contributed by atoms with Gasteiger partial charge in [-0.1, -0.05) is 68.4 Å². The SMILES string of the molecule is CC(C)c1ccc(-c2cc3cnc(-c4ccccc4)cc3s2)cc1. The molecule has 24 heavy (non-hydrogen) atoms. The van der Waals surface area contributed by atoms with Crippen molar-refractivity contribution < 1.29 is 0 Å². The maximum atomic E-state index is 4.63. The van der Waals surface area contributed by atoms with Gasteiger partial charge in [0.25, 0.3) is 0 Å². The molecule has 2 heterocycles. The summed E-state index contributed by atoms with van der Waals surface area (Å²) < 4.78 is 1.28. The lowest BCUT2D eigenvalue weighted by molar-refractivity contribution is 0.867. The topological polar surface area (TPSA) is 12.9 Å². The first-order valence-electron chi connectivity index (χ1n) is 8.26. The van der Waals surface area contributed by atoms with E-state index >= 15 is 0 Å². The van der Waals surface area contributed by atoms with Crippen LogP contribution in [-0.2, 0) is 0 Å². The molecular formula is C22H19NS. The van der Waals surface area contributed by atoms with Crippen molar-refractivity contribution in [3.63, 3.8) is 0 Å². The summed E-state index contributed by atoms with van der Waals surface area (Å²) in [4.78, 5) is 5.93. The summed E-state index contributed by atoms with van der Waals surface area (Å²) in [6.45, 7) is 4.45. The molecule has 0 fully saturated rings. The van der Waals surface area contributed by atoms with Crippen LogP contribution in [0.15, 0.2) is 72.9 Å². The van der Waals surface area contributed by atoms with Crippen LogP contribution in [0.3, 0.4) is 0 Å². The number of fused-ring (bicyclic) bond motifs is 1. The van der Waals surface area contributed by atoms with Crippen molar-refractivity contribution in [2.24, 2.45) is 0 Å². The summed E-state index contributed by atoms with van der Waals surface area (Å²) in [7, 11) is 0. The van der Waals surface area contributed by atoms with E-state index < -0.39 is 0 Å². The van der Waals surface area contributed by atoms with E-state index in [0.717, 1.165) is 11.3 Å². The summed E-state index contributed by atoms with van der Waals surface area (Å²) in [5.41, 5.74) is 4.86. The molecule has 4 rings (SSSR count). The molecule has 0 bridgehead atoms. The van der Waals surface area contributed by atoms with Crippen molar-refractivity contribution in [2.75, 3.05) is 0 Å². The molecule has 0 atom stereocenters. The number of thiophene rings is 1. The Morgan fingerprint density at radius 2 is 1.58 bits per heavy atom. The molecule has 0 aliphatic carbocycles. The molecule has 0 radical (unpaired) electrons. The van der Waals surface area contributed by atoms with E-state index in [1.54, 1.807) is 0 Å². The highest BCUT2D eigenvalue weighted by Gasteiger charge is 2.08. The predicted octanol–water partition coefficient (Wildman–Crippen LogP) is 6.75. The van der Waals surface area contributed by atoms with Crippen LogP contribution < -0.4 is 0 Å². The van der Waals surface area contributed by atoms with Gasteiger partial charge in [0.2, 0.25) is 0 Å². The first-order valence-corrected chi connectivity index (χ1v) is 9.08. The molecule has 0 saturated carbocycles. The third-order valence-corrected chi connectivity index (χ3v) is 5.48. The highest BCUT2D eigenvalue weighted by atomic mass is 32.1. The van der Waals surface area contributed by atoms with Gasteiger partial charge in [0.1, 0.15) is 0 Å². The van der Waals surface area contributed by atoms with Gasteiger partial charge in [0, 0.05) is 26.7 Å². The van der Waals surface area contributed by atoms with Gasteiger partial charge in [-0.3, -0.25) is 4.98 Å². The Bertz CT molecular complexity index is 966. The first kappa shape index (κ1) is 15.1. The molecule has 2 heteroatoms. The Morgan fingerprint density at radius 3 is 2.29 bits per heavy atom. The first-order chi connectivity index (χ1) is 11.7. The van der Waals surface area contributed by atoms with Crippen LogP contribution in [0.25, 0.3) is 31.8 Å². The fourth-order valence-corrected chi connectivity index (χ4v) is 3.95. The second-order valence-electron chi connectivity index (χ2n) is 6.36. The zero-order valence-electron chi connectivity index (χ0n) is 13.9. The lowest BCUT2D eigenvalue weighted by Gasteiger charge is -2.05. The normalized spacial score (nSPS) is 11.3. The zero-order valence-corrected chi connectivity index (χ0v) is 14.7. The number of hydrogen-bond acceptors (Lipinski definition) is 2. The number of aromatic nitrogens is 1. The molecular weight excluding hydrogens is 310 g/mol. The van der Waals surface area contributed by atoms with Crippen LogP contribution in [-0.4, -0.2) is 4.98 Å². The molecule has 0 amide bonds. The van der Waals surface area contributed by atoms with Crippen molar-refractivity contribution in [3.05, 3.63) is 78.5 Å². The number of rotatable bonds is 3. The van der Waals surface area contributed by atoms with Crippen molar-refractivity contribution in [1.82, 2.24) is 4.98 Å². The van der Waals surface area contributed by atoms with Crippen molar-refractivity contribution >= 4 is 21.4 Å². The van der Waals surface area contributed by atoms with Gasteiger partial charge in [-0.2, -0.15) is 0 Å². The van der Waals surface area contributed by atoms with E-state index in [1.165, 1.54) is 26.1 Å². The molecule has 0 N–H and O–H groups in total. The molecule has 0 aliphatic rings. The highest BCUT2D eigenvalue weighted by Crippen LogP contribution is 2.35. The molecule has 0 spiro atoms. The van der Waals surface area contributed by atoms with Gasteiger partial charge in [-0.05, 0) is 29.2 Å². The van der Waals surface area contributed by atoms with Gasteiger partial charge < -0.3 is 0 Å². The lowest BCUT2D eigenvalue weighted by Crippen LogP contribution is -1.85. The Labute approximate surface area is 146 Å². The smallest absolute Gasteiger partial charge is 0.0716 e. The fraction of sp³-hybridized carbons (Fsp3) is 0.136. The van der Waals surface area contributed by atoms with E-state index in [0.29, 0.717) is 5.92 Å². The van der Waals surface area contributed by atoms with Crippen LogP contribution in [0.1, 0.15) is 25.3 Å². The molecule has 2 aromatic carbocycles. The van der Waals surface area contributed by atoms with Gasteiger partial charge in [0.05, 0.1) is 5.69 Å². The monoisotopic (exact) mass is 329 g/mol. The molecule has 0 unspecified atom stereocenters. The summed E-state index contributed by atoms with van der Waals surface area (Å²) in [5, 5.41) is 1.21. The predicted molar refractivity (Wildman–Crippen MR) is 105 cm³/mol. The number of benzene rings is 2. The van der Waals surface area contributed by atoms with E-state index in [1.807, 2.05) is 23.6 Å². The van der Waals surface area contributed by atoms with Crippen LogP contribution >= 0.6 is 11.3 Å². The average molecular weight is 329 g/mol. The van der Waals surface area contributed by atoms with Crippen LogP contribution in [0.5, 0.6) is 0 Å². The summed E-state index contributed by atoms with van der Waals surface area (Å²) >= 11 is 1.83. The van der Waals surface area contributed by atoms with Crippen molar-refractivity contribution in [3.8, 4) is 21.7 Å². The summed E-state index contributed by atoms with van der Waals surface area (Å²) in [6, 6.07) is 23.7. The summed E-state index contributed by atoms with van der Waals surface area (Å²) in [5.74, 6) is 0.569. The van der Waals surface area contributed by atoms with E-state index in [2.05, 4.69) is 79.5 Å². The molecule has 4 aromatic rings. The van der Waals surface area contributed by atoms with Gasteiger partial charge in [-0.25, -0.2) is 0 Å². The highest BCUT2D eigenvalue weighted by molar-refractivity contribution is 7.22. The van der Waals surface area contributed by atoms with E-state index in [-0.39, 0.29) is 0 Å². The van der Waals surface area contributed by atoms with Crippen molar-refractivity contribution in [2.45, 2.75) is 19.8 Å².